The summed E-state index contributed by atoms with van der Waals surface area (Å²) in [7, 11) is 3.37. The van der Waals surface area contributed by atoms with Crippen molar-refractivity contribution in [3.63, 3.8) is 0 Å². The van der Waals surface area contributed by atoms with Crippen molar-refractivity contribution in [3.8, 4) is 11.5 Å². The van der Waals surface area contributed by atoms with Crippen LogP contribution in [0.5, 0.6) is 11.5 Å². The fraction of sp³-hybridized carbons (Fsp3) is 0.529. The third-order valence-corrected chi connectivity index (χ3v) is 3.93. The van der Waals surface area contributed by atoms with Crippen LogP contribution in [0.15, 0.2) is 24.8 Å². The van der Waals surface area contributed by atoms with Crippen molar-refractivity contribution in [2.24, 2.45) is 0 Å². The first-order chi connectivity index (χ1) is 9.78. The monoisotopic (exact) mass is 275 g/mol. The van der Waals surface area contributed by atoms with Gasteiger partial charge in [-0.3, -0.25) is 0 Å². The molecule has 20 heavy (non-hydrogen) atoms. The average Bonchev–Trinajstić information content (AvgIpc) is 2.98. The summed E-state index contributed by atoms with van der Waals surface area (Å²) < 4.78 is 10.9. The molecule has 0 spiro atoms. The zero-order valence-electron chi connectivity index (χ0n) is 12.6. The molecule has 0 bridgehead atoms. The van der Waals surface area contributed by atoms with E-state index in [-0.39, 0.29) is 0 Å². The molecule has 1 aliphatic carbocycles. The van der Waals surface area contributed by atoms with Crippen LogP contribution < -0.4 is 14.8 Å². The molecule has 0 saturated heterocycles. The van der Waals surface area contributed by atoms with Crippen LogP contribution >= 0.6 is 0 Å². The second-order valence-electron chi connectivity index (χ2n) is 5.35. The third-order valence-electron chi connectivity index (χ3n) is 3.93. The number of nitrogens with one attached hydrogen (secondary N) is 1. The number of ether oxygens (including phenoxy) is 2. The maximum absolute atomic E-state index is 5.46. The summed E-state index contributed by atoms with van der Waals surface area (Å²) in [6.45, 7) is 4.70. The summed E-state index contributed by atoms with van der Waals surface area (Å²) in [5.74, 6) is 1.62. The molecule has 3 heteroatoms. The Kier molecular flexibility index (Phi) is 5.48. The van der Waals surface area contributed by atoms with Crippen LogP contribution in [-0.4, -0.2) is 20.3 Å². The van der Waals surface area contributed by atoms with E-state index in [4.69, 9.17) is 9.47 Å². The molecular formula is C17H25NO2. The largest absolute Gasteiger partial charge is 0.493 e. The minimum absolute atomic E-state index is 0.672. The summed E-state index contributed by atoms with van der Waals surface area (Å²) in [5.41, 5.74) is 2.37. The lowest BCUT2D eigenvalue weighted by Crippen LogP contribution is -2.25. The topological polar surface area (TPSA) is 30.5 Å². The van der Waals surface area contributed by atoms with Gasteiger partial charge in [-0.1, -0.05) is 25.0 Å². The first kappa shape index (κ1) is 14.9. The molecule has 1 saturated carbocycles. The minimum Gasteiger partial charge on any atom is -0.493 e. The van der Waals surface area contributed by atoms with Crippen LogP contribution in [0.25, 0.3) is 0 Å². The van der Waals surface area contributed by atoms with Gasteiger partial charge < -0.3 is 14.8 Å². The predicted octanol–water partition coefficient (Wildman–Crippen LogP) is 3.46. The molecule has 110 valence electrons. The second-order valence-corrected chi connectivity index (χ2v) is 5.35. The van der Waals surface area contributed by atoms with Gasteiger partial charge in [-0.25, -0.2) is 0 Å². The molecule has 3 nitrogen and oxygen atoms in total. The van der Waals surface area contributed by atoms with E-state index in [0.717, 1.165) is 30.0 Å². The van der Waals surface area contributed by atoms with Crippen molar-refractivity contribution in [2.75, 3.05) is 14.2 Å². The molecule has 0 atom stereocenters. The van der Waals surface area contributed by atoms with Gasteiger partial charge in [0.1, 0.15) is 0 Å². The third kappa shape index (κ3) is 3.54. The van der Waals surface area contributed by atoms with E-state index in [1.165, 1.54) is 31.2 Å². The highest BCUT2D eigenvalue weighted by Crippen LogP contribution is 2.33. The highest BCUT2D eigenvalue weighted by Gasteiger charge is 2.15. The van der Waals surface area contributed by atoms with Crippen molar-refractivity contribution < 1.29 is 9.47 Å². The Morgan fingerprint density at radius 2 is 2.00 bits per heavy atom. The minimum atomic E-state index is 0.672. The van der Waals surface area contributed by atoms with E-state index in [2.05, 4.69) is 24.0 Å². The van der Waals surface area contributed by atoms with Crippen LogP contribution in [-0.2, 0) is 13.0 Å². The highest BCUT2D eigenvalue weighted by molar-refractivity contribution is 5.50. The Morgan fingerprint density at radius 3 is 2.60 bits per heavy atom. The van der Waals surface area contributed by atoms with E-state index in [1.54, 1.807) is 14.2 Å². The molecule has 1 fully saturated rings. The van der Waals surface area contributed by atoms with Gasteiger partial charge in [0.15, 0.2) is 11.5 Å². The molecular weight excluding hydrogens is 250 g/mol. The molecule has 1 aromatic rings. The smallest absolute Gasteiger partial charge is 0.164 e. The number of methoxy groups -OCH3 is 2. The van der Waals surface area contributed by atoms with Gasteiger partial charge in [0.05, 0.1) is 14.2 Å². The van der Waals surface area contributed by atoms with Crippen LogP contribution in [0.2, 0.25) is 0 Å². The van der Waals surface area contributed by atoms with E-state index < -0.39 is 0 Å². The normalized spacial score (nSPS) is 15.3. The van der Waals surface area contributed by atoms with Crippen molar-refractivity contribution in [1.82, 2.24) is 5.32 Å². The molecule has 0 unspecified atom stereocenters. The van der Waals surface area contributed by atoms with Gasteiger partial charge in [-0.15, -0.1) is 6.58 Å². The molecule has 1 aliphatic rings. The van der Waals surface area contributed by atoms with Gasteiger partial charge in [0.25, 0.3) is 0 Å². The predicted molar refractivity (Wildman–Crippen MR) is 82.5 cm³/mol. The quantitative estimate of drug-likeness (QED) is 0.773. The number of rotatable bonds is 7. The fourth-order valence-electron chi connectivity index (χ4n) is 2.91. The average molecular weight is 275 g/mol. The maximum Gasteiger partial charge on any atom is 0.164 e. The van der Waals surface area contributed by atoms with Crippen LogP contribution in [0.4, 0.5) is 0 Å². The molecule has 0 aromatic heterocycles. The first-order valence-electron chi connectivity index (χ1n) is 7.36. The van der Waals surface area contributed by atoms with Crippen molar-refractivity contribution in [3.05, 3.63) is 35.9 Å². The Labute approximate surface area is 122 Å². The summed E-state index contributed by atoms with van der Waals surface area (Å²) in [5, 5.41) is 3.63. The van der Waals surface area contributed by atoms with E-state index in [9.17, 15) is 0 Å². The molecule has 0 aliphatic heterocycles. The summed E-state index contributed by atoms with van der Waals surface area (Å²) >= 11 is 0. The molecule has 2 rings (SSSR count). The lowest BCUT2D eigenvalue weighted by molar-refractivity contribution is 0.351. The molecule has 0 heterocycles. The molecule has 0 radical (unpaired) electrons. The Balaban J connectivity index is 2.14. The lowest BCUT2D eigenvalue weighted by Gasteiger charge is -2.16. The van der Waals surface area contributed by atoms with Gasteiger partial charge in [-0.2, -0.15) is 0 Å². The molecule has 0 amide bonds. The van der Waals surface area contributed by atoms with Gasteiger partial charge in [-0.05, 0) is 30.9 Å². The van der Waals surface area contributed by atoms with Gasteiger partial charge in [0, 0.05) is 18.2 Å². The van der Waals surface area contributed by atoms with E-state index in [0.29, 0.717) is 6.04 Å². The zero-order chi connectivity index (χ0) is 14.4. The fourth-order valence-corrected chi connectivity index (χ4v) is 2.91. The van der Waals surface area contributed by atoms with Gasteiger partial charge >= 0.3 is 0 Å². The number of benzene rings is 1. The second kappa shape index (κ2) is 7.34. The maximum atomic E-state index is 5.46. The summed E-state index contributed by atoms with van der Waals surface area (Å²) in [6, 6.07) is 4.92. The number of hydrogen-bond donors (Lipinski definition) is 1. The van der Waals surface area contributed by atoms with Crippen LogP contribution in [0, 0.1) is 0 Å². The van der Waals surface area contributed by atoms with E-state index in [1.807, 2.05) is 6.08 Å². The molecule has 1 N–H and O–H groups in total. The Hall–Kier alpha value is -1.48. The number of hydrogen-bond acceptors (Lipinski definition) is 3. The summed E-state index contributed by atoms with van der Waals surface area (Å²) in [6.07, 6.45) is 7.98. The highest BCUT2D eigenvalue weighted by atomic mass is 16.5. The van der Waals surface area contributed by atoms with Crippen molar-refractivity contribution in [1.29, 1.82) is 0 Å². The van der Waals surface area contributed by atoms with Gasteiger partial charge in [0.2, 0.25) is 0 Å². The lowest BCUT2D eigenvalue weighted by atomic mass is 10.0. The Bertz CT molecular complexity index is 451. The van der Waals surface area contributed by atoms with Crippen LogP contribution in [0.3, 0.4) is 0 Å². The zero-order valence-corrected chi connectivity index (χ0v) is 12.6. The summed E-state index contributed by atoms with van der Waals surface area (Å²) in [4.78, 5) is 0. The molecule has 1 aromatic carbocycles. The standard InChI is InChI=1S/C17H25NO2/c1-4-7-14-10-13(11-16(19-2)17(14)20-3)12-18-15-8-5-6-9-15/h4,10-11,15,18H,1,5-9,12H2,2-3H3. The first-order valence-corrected chi connectivity index (χ1v) is 7.36. The SMILES string of the molecule is C=CCc1cc(CNC2CCCC2)cc(OC)c1OC. The Morgan fingerprint density at radius 1 is 1.25 bits per heavy atom. The number of allylic oxidation sites excluding steroid dienone is 1. The van der Waals surface area contributed by atoms with Crippen molar-refractivity contribution in [2.45, 2.75) is 44.7 Å². The van der Waals surface area contributed by atoms with E-state index >= 15 is 0 Å². The van der Waals surface area contributed by atoms with Crippen LogP contribution in [0.1, 0.15) is 36.8 Å². The van der Waals surface area contributed by atoms with Crippen molar-refractivity contribution >= 4 is 0 Å².